The van der Waals surface area contributed by atoms with Gasteiger partial charge in [0.25, 0.3) is 11.7 Å². The van der Waals surface area contributed by atoms with E-state index < -0.39 is 17.7 Å². The van der Waals surface area contributed by atoms with Gasteiger partial charge in [0.1, 0.15) is 17.6 Å². The molecule has 0 radical (unpaired) electrons. The fraction of sp³-hybridized carbons (Fsp3) is 0.323. The first-order valence-corrected chi connectivity index (χ1v) is 13.3. The number of hydrogen-bond donors (Lipinski definition) is 1. The number of amides is 1. The molecule has 3 heterocycles. The molecule has 3 aromatic rings. The van der Waals surface area contributed by atoms with Gasteiger partial charge in [0, 0.05) is 30.9 Å². The van der Waals surface area contributed by atoms with E-state index in [1.54, 1.807) is 48.8 Å². The van der Waals surface area contributed by atoms with E-state index in [4.69, 9.17) is 14.2 Å². The maximum absolute atomic E-state index is 13.5. The van der Waals surface area contributed by atoms with Crippen molar-refractivity contribution in [1.82, 2.24) is 9.88 Å². The maximum Gasteiger partial charge on any atom is 0.295 e. The summed E-state index contributed by atoms with van der Waals surface area (Å²) in [4.78, 5) is 32.5. The summed E-state index contributed by atoms with van der Waals surface area (Å²) in [6, 6.07) is 13.5. The zero-order valence-corrected chi connectivity index (χ0v) is 22.3. The molecule has 1 saturated heterocycles. The Labute approximate surface area is 227 Å². The Morgan fingerprint density at radius 1 is 1.05 bits per heavy atom. The number of aliphatic hydroxyl groups excluding tert-OH is 1. The lowest BCUT2D eigenvalue weighted by molar-refractivity contribution is -0.140. The molecule has 8 nitrogen and oxygen atoms in total. The van der Waals surface area contributed by atoms with Gasteiger partial charge in [0.15, 0.2) is 11.5 Å². The standard InChI is InChI=1S/C31H32N2O6/c1-4-14-38-25-9-6-21(17-26(25)37-5-2)28-27(29(34)22-7-8-24-23(16-22)15-19(3)39-24)30(35)31(36)33(28)18-20-10-12-32-13-11-20/h6-13,16-17,19,28,34H,4-5,14-15,18H2,1-3H3/b29-27+/t19-,28+/m1/s1. The lowest BCUT2D eigenvalue weighted by Gasteiger charge is -2.26. The third-order valence-electron chi connectivity index (χ3n) is 6.86. The van der Waals surface area contributed by atoms with Crippen LogP contribution in [0, 0.1) is 0 Å². The summed E-state index contributed by atoms with van der Waals surface area (Å²) in [7, 11) is 0. The number of carbonyl (C=O) groups is 2. The number of fused-ring (bicyclic) bond motifs is 1. The van der Waals surface area contributed by atoms with Crippen molar-refractivity contribution in [3.05, 3.63) is 88.8 Å². The van der Waals surface area contributed by atoms with Gasteiger partial charge in [-0.05, 0) is 79.4 Å². The van der Waals surface area contributed by atoms with Crippen LogP contribution in [0.3, 0.4) is 0 Å². The molecular formula is C31H32N2O6. The van der Waals surface area contributed by atoms with E-state index in [9.17, 15) is 14.7 Å². The number of hydrogen-bond acceptors (Lipinski definition) is 7. The molecular weight excluding hydrogens is 496 g/mol. The summed E-state index contributed by atoms with van der Waals surface area (Å²) in [6.07, 6.45) is 4.86. The first-order valence-electron chi connectivity index (χ1n) is 13.3. The van der Waals surface area contributed by atoms with E-state index in [1.807, 2.05) is 32.9 Å². The largest absolute Gasteiger partial charge is 0.507 e. The van der Waals surface area contributed by atoms with E-state index >= 15 is 0 Å². The van der Waals surface area contributed by atoms with E-state index in [0.717, 1.165) is 23.3 Å². The summed E-state index contributed by atoms with van der Waals surface area (Å²) in [5.74, 6) is 0.226. The van der Waals surface area contributed by atoms with Crippen LogP contribution in [0.15, 0.2) is 66.5 Å². The Hall–Kier alpha value is -4.33. The van der Waals surface area contributed by atoms with Gasteiger partial charge in [0.05, 0.1) is 24.8 Å². The van der Waals surface area contributed by atoms with Gasteiger partial charge in [-0.1, -0.05) is 13.0 Å². The normalized spacial score (nSPS) is 19.6. The molecule has 2 aliphatic rings. The summed E-state index contributed by atoms with van der Waals surface area (Å²) in [5, 5.41) is 11.5. The second-order valence-electron chi connectivity index (χ2n) is 9.73. The lowest BCUT2D eigenvalue weighted by Crippen LogP contribution is -2.29. The zero-order valence-electron chi connectivity index (χ0n) is 22.3. The number of ketones is 1. The number of aliphatic hydroxyl groups is 1. The van der Waals surface area contributed by atoms with E-state index in [2.05, 4.69) is 4.98 Å². The van der Waals surface area contributed by atoms with Crippen LogP contribution in [0.5, 0.6) is 17.2 Å². The number of carbonyl (C=O) groups excluding carboxylic acids is 2. The molecule has 202 valence electrons. The number of benzene rings is 2. The van der Waals surface area contributed by atoms with Gasteiger partial charge in [-0.2, -0.15) is 0 Å². The number of likely N-dealkylation sites (tertiary alicyclic amines) is 1. The zero-order chi connectivity index (χ0) is 27.5. The van der Waals surface area contributed by atoms with E-state index in [-0.39, 0.29) is 24.0 Å². The second-order valence-corrected chi connectivity index (χ2v) is 9.73. The Bertz CT molecular complexity index is 1420. The minimum absolute atomic E-state index is 0.0330. The number of pyridine rings is 1. The quantitative estimate of drug-likeness (QED) is 0.231. The highest BCUT2D eigenvalue weighted by Gasteiger charge is 2.46. The summed E-state index contributed by atoms with van der Waals surface area (Å²) >= 11 is 0. The minimum atomic E-state index is -0.832. The third kappa shape index (κ3) is 5.19. The molecule has 1 aromatic heterocycles. The molecule has 1 N–H and O–H groups in total. The molecule has 2 aliphatic heterocycles. The van der Waals surface area contributed by atoms with Gasteiger partial charge in [0.2, 0.25) is 0 Å². The average Bonchev–Trinajstić information content (AvgIpc) is 3.43. The van der Waals surface area contributed by atoms with Gasteiger partial charge in [-0.15, -0.1) is 0 Å². The Balaban J connectivity index is 1.63. The van der Waals surface area contributed by atoms with Gasteiger partial charge in [-0.25, -0.2) is 0 Å². The fourth-order valence-electron chi connectivity index (χ4n) is 5.09. The number of Topliss-reactive ketones (excluding diaryl/α,β-unsaturated/α-hetero) is 1. The fourth-order valence-corrected chi connectivity index (χ4v) is 5.09. The van der Waals surface area contributed by atoms with Crippen molar-refractivity contribution in [3.63, 3.8) is 0 Å². The van der Waals surface area contributed by atoms with Crippen LogP contribution < -0.4 is 14.2 Å². The number of nitrogens with zero attached hydrogens (tertiary/aromatic N) is 2. The van der Waals surface area contributed by atoms with Crippen LogP contribution in [0.1, 0.15) is 55.5 Å². The van der Waals surface area contributed by atoms with Crippen LogP contribution in [0.4, 0.5) is 0 Å². The van der Waals surface area contributed by atoms with Gasteiger partial charge < -0.3 is 24.2 Å². The number of ether oxygens (including phenoxy) is 3. The van der Waals surface area contributed by atoms with Crippen LogP contribution in [-0.4, -0.2) is 46.0 Å². The molecule has 0 unspecified atom stereocenters. The number of rotatable bonds is 9. The summed E-state index contributed by atoms with van der Waals surface area (Å²) in [5.41, 5.74) is 2.89. The topological polar surface area (TPSA) is 98.2 Å². The molecule has 5 rings (SSSR count). The first-order chi connectivity index (χ1) is 18.9. The predicted octanol–water partition coefficient (Wildman–Crippen LogP) is 5.21. The van der Waals surface area contributed by atoms with Crippen LogP contribution >= 0.6 is 0 Å². The van der Waals surface area contributed by atoms with Crippen molar-refractivity contribution in [2.75, 3.05) is 13.2 Å². The Morgan fingerprint density at radius 2 is 1.85 bits per heavy atom. The third-order valence-corrected chi connectivity index (χ3v) is 6.86. The SMILES string of the molecule is CCCOc1ccc([C@H]2/C(=C(\O)c3ccc4c(c3)C[C@@H](C)O4)C(=O)C(=O)N2Cc2ccncc2)cc1OCC. The van der Waals surface area contributed by atoms with Crippen LogP contribution in [-0.2, 0) is 22.6 Å². The molecule has 8 heteroatoms. The summed E-state index contributed by atoms with van der Waals surface area (Å²) in [6.45, 7) is 6.99. The smallest absolute Gasteiger partial charge is 0.295 e. The molecule has 1 fully saturated rings. The first kappa shape index (κ1) is 26.3. The minimum Gasteiger partial charge on any atom is -0.507 e. The van der Waals surface area contributed by atoms with Crippen molar-refractivity contribution in [2.45, 2.75) is 52.3 Å². The van der Waals surface area contributed by atoms with Gasteiger partial charge in [-0.3, -0.25) is 14.6 Å². The highest BCUT2D eigenvalue weighted by atomic mass is 16.5. The molecule has 0 saturated carbocycles. The molecule has 0 bridgehead atoms. The molecule has 39 heavy (non-hydrogen) atoms. The van der Waals surface area contributed by atoms with Crippen molar-refractivity contribution >= 4 is 17.4 Å². The van der Waals surface area contributed by atoms with E-state index in [1.165, 1.54) is 4.90 Å². The summed E-state index contributed by atoms with van der Waals surface area (Å²) < 4.78 is 17.5. The molecule has 0 spiro atoms. The second kappa shape index (κ2) is 11.2. The van der Waals surface area contributed by atoms with Gasteiger partial charge >= 0.3 is 0 Å². The monoisotopic (exact) mass is 528 g/mol. The Morgan fingerprint density at radius 3 is 2.59 bits per heavy atom. The van der Waals surface area contributed by atoms with Crippen molar-refractivity contribution in [1.29, 1.82) is 0 Å². The lowest BCUT2D eigenvalue weighted by atomic mass is 9.94. The highest BCUT2D eigenvalue weighted by Crippen LogP contribution is 2.43. The average molecular weight is 529 g/mol. The van der Waals surface area contributed by atoms with E-state index in [0.29, 0.717) is 42.3 Å². The van der Waals surface area contributed by atoms with Crippen molar-refractivity contribution in [3.8, 4) is 17.2 Å². The van der Waals surface area contributed by atoms with Crippen molar-refractivity contribution in [2.24, 2.45) is 0 Å². The molecule has 2 aromatic carbocycles. The van der Waals surface area contributed by atoms with Crippen LogP contribution in [0.25, 0.3) is 5.76 Å². The molecule has 2 atom stereocenters. The Kier molecular flexibility index (Phi) is 7.54. The maximum atomic E-state index is 13.5. The predicted molar refractivity (Wildman–Crippen MR) is 146 cm³/mol. The molecule has 0 aliphatic carbocycles. The van der Waals surface area contributed by atoms with Crippen molar-refractivity contribution < 1.29 is 28.9 Å². The molecule has 1 amide bonds. The van der Waals surface area contributed by atoms with Crippen LogP contribution in [0.2, 0.25) is 0 Å². The highest BCUT2D eigenvalue weighted by molar-refractivity contribution is 6.46. The number of aromatic nitrogens is 1.